The van der Waals surface area contributed by atoms with Crippen LogP contribution in [0.2, 0.25) is 0 Å². The van der Waals surface area contributed by atoms with E-state index in [2.05, 4.69) is 400 Å². The van der Waals surface area contributed by atoms with Crippen molar-refractivity contribution in [2.24, 2.45) is 0 Å². The van der Waals surface area contributed by atoms with E-state index in [1.165, 1.54) is 144 Å². The molecule has 3 aliphatic rings. The molecule has 0 atom stereocenters. The second-order valence-corrected chi connectivity index (χ2v) is 35.3. The van der Waals surface area contributed by atoms with Crippen LogP contribution in [0.4, 0.5) is 0 Å². The molecule has 10 aromatic carbocycles. The summed E-state index contributed by atoms with van der Waals surface area (Å²) in [4.78, 5) is 0. The van der Waals surface area contributed by atoms with Crippen molar-refractivity contribution < 1.29 is 0 Å². The SMILES string of the molecule is CC.CC.CC.CC.CC.CC.CC.Cc1c(C(C)(C)C)ccc2c1CC=C2.Cc1c(C(C)(C)C)ccc2ccccc12.Cc1cc2c(cc1C(C)(C)C)C=CC2.Cc1cc2ccccc2cc1C(C)(C)C.Cc1ccc2c(c1C(C)(C)C)C=CC2.Cc1ccc2ccccc2c1C(C)(C)C.Cc1ccccc1C(C)(C)C. The quantitative estimate of drug-likeness (QED) is 0.142. The Morgan fingerprint density at radius 2 is 0.589 bits per heavy atom. The molecule has 614 valence electrons. The number of fused-ring (bicyclic) bond motifs is 6. The summed E-state index contributed by atoms with van der Waals surface area (Å²) < 4.78 is 0. The van der Waals surface area contributed by atoms with Crippen LogP contribution in [0.15, 0.2) is 188 Å². The number of benzene rings is 10. The molecule has 0 amide bonds. The smallest absolute Gasteiger partial charge is 0.00854 e. The maximum absolute atomic E-state index is 2.36. The first-order valence-electron chi connectivity index (χ1n) is 43.4. The van der Waals surface area contributed by atoms with Gasteiger partial charge in [0.05, 0.1) is 0 Å². The van der Waals surface area contributed by atoms with Crippen LogP contribution in [-0.4, -0.2) is 0 Å². The summed E-state index contributed by atoms with van der Waals surface area (Å²) >= 11 is 0. The van der Waals surface area contributed by atoms with Gasteiger partial charge in [-0.2, -0.15) is 0 Å². The van der Waals surface area contributed by atoms with Gasteiger partial charge in [-0.15, -0.1) is 0 Å². The van der Waals surface area contributed by atoms with Crippen LogP contribution in [0, 0.1) is 48.5 Å². The van der Waals surface area contributed by atoms with Gasteiger partial charge in [0.1, 0.15) is 0 Å². The molecule has 0 radical (unpaired) electrons. The molecule has 0 saturated heterocycles. The molecule has 0 aliphatic heterocycles. The fourth-order valence-electron chi connectivity index (χ4n) is 15.2. The van der Waals surface area contributed by atoms with Crippen LogP contribution in [0.5, 0.6) is 0 Å². The van der Waals surface area contributed by atoms with Gasteiger partial charge >= 0.3 is 0 Å². The molecule has 0 aromatic heterocycles. The van der Waals surface area contributed by atoms with Crippen LogP contribution < -0.4 is 0 Å². The molecular weight excluding hydrogens is 1350 g/mol. The Hall–Kier alpha value is -7.80. The fraction of sp³-hybridized carbons (Fsp3) is 0.464. The monoisotopic (exact) mass is 1510 g/mol. The van der Waals surface area contributed by atoms with Gasteiger partial charge in [-0.25, -0.2) is 0 Å². The topological polar surface area (TPSA) is 0 Å². The lowest BCUT2D eigenvalue weighted by Crippen LogP contribution is -2.15. The van der Waals surface area contributed by atoms with E-state index in [0.29, 0.717) is 0 Å². The first-order chi connectivity index (χ1) is 52.5. The minimum absolute atomic E-state index is 0.213. The molecule has 112 heavy (non-hydrogen) atoms. The van der Waals surface area contributed by atoms with Gasteiger partial charge in [-0.3, -0.25) is 0 Å². The molecule has 0 heteroatoms. The highest BCUT2D eigenvalue weighted by Crippen LogP contribution is 2.38. The molecule has 13 rings (SSSR count). The Balaban J connectivity index is 0.00000125. The first-order valence-corrected chi connectivity index (χ1v) is 43.4. The Kier molecular flexibility index (Phi) is 45.0. The predicted octanol–water partition coefficient (Wildman–Crippen LogP) is 35.4. The van der Waals surface area contributed by atoms with Crippen LogP contribution in [0.1, 0.15) is 354 Å². The van der Waals surface area contributed by atoms with Crippen LogP contribution in [0.25, 0.3) is 50.5 Å². The predicted molar refractivity (Wildman–Crippen MR) is 519 cm³/mol. The number of hydrogen-bond donors (Lipinski definition) is 0. The molecular formula is C112H166. The lowest BCUT2D eigenvalue weighted by atomic mass is 9.80. The van der Waals surface area contributed by atoms with E-state index in [9.17, 15) is 0 Å². The van der Waals surface area contributed by atoms with Crippen molar-refractivity contribution in [1.82, 2.24) is 0 Å². The Morgan fingerprint density at radius 3 is 1.08 bits per heavy atom. The minimum Gasteiger partial charge on any atom is -0.0795 e. The molecule has 10 aromatic rings. The maximum atomic E-state index is 2.36. The van der Waals surface area contributed by atoms with Gasteiger partial charge in [0.2, 0.25) is 0 Å². The normalized spacial score (nSPS) is 11.8. The standard InChI is InChI=1S/3C15H18.3C14H18.C11H16.7C2H6/c1-11-9-12-7-5-6-8-13(12)10-14(11)15(2,3)4;1-11-13-8-6-5-7-12(13)9-10-14(11)15(2,3)4;1-11-9-10-12-7-5-6-8-13(12)14(11)15(2,3)4;1-10-8-11-6-5-7-12(11)9-13(10)14(2,3)4;1-10-12-7-5-6-11(12)8-9-13(10)14(2,3)4;1-10-8-9-11-6-5-7-12(11)13(10)14(2,3)4;1-9-7-5-6-8-10(9)11(2,3)4;7*1-2/h3*5-10H,1-4H3;5,7-9H,6H2,1-4H3;5-6,8-9H,7H2,1-4H3;5,7-9H,6H2,1-4H3;5-8H,1-4H3;7*1-2H3. The molecule has 0 unspecified atom stereocenters. The summed E-state index contributed by atoms with van der Waals surface area (Å²) in [6.45, 7) is 91.2. The molecule has 0 N–H and O–H groups in total. The Labute approximate surface area is 693 Å². The number of aryl methyl sites for hydroxylation is 6. The van der Waals surface area contributed by atoms with Gasteiger partial charge in [0.15, 0.2) is 0 Å². The van der Waals surface area contributed by atoms with Gasteiger partial charge in [0, 0.05) is 0 Å². The van der Waals surface area contributed by atoms with Crippen LogP contribution >= 0.6 is 0 Å². The third-order valence-electron chi connectivity index (χ3n) is 19.7. The molecule has 0 fully saturated rings. The largest absolute Gasteiger partial charge is 0.0795 e. The van der Waals surface area contributed by atoms with Crippen LogP contribution in [-0.2, 0) is 57.2 Å². The molecule has 0 heterocycles. The van der Waals surface area contributed by atoms with E-state index >= 15 is 0 Å². The zero-order valence-corrected chi connectivity index (χ0v) is 80.3. The summed E-state index contributed by atoms with van der Waals surface area (Å²) in [7, 11) is 0. The van der Waals surface area contributed by atoms with Crippen molar-refractivity contribution in [2.45, 2.75) is 348 Å². The third kappa shape index (κ3) is 30.8. The molecule has 0 spiro atoms. The summed E-state index contributed by atoms with van der Waals surface area (Å²) in [5.74, 6) is 0. The number of rotatable bonds is 0. The van der Waals surface area contributed by atoms with E-state index < -0.39 is 0 Å². The van der Waals surface area contributed by atoms with E-state index in [1.807, 2.05) is 96.9 Å². The highest BCUT2D eigenvalue weighted by atomic mass is 14.3. The minimum atomic E-state index is 0.213. The average Bonchev–Trinajstić information content (AvgIpc) is 1.14. The first kappa shape index (κ1) is 104. The fourth-order valence-corrected chi connectivity index (χ4v) is 15.2. The summed E-state index contributed by atoms with van der Waals surface area (Å²) in [6.07, 6.45) is 16.9. The highest BCUT2D eigenvalue weighted by molar-refractivity contribution is 5.88. The van der Waals surface area contributed by atoms with E-state index in [0.717, 1.165) is 19.3 Å². The van der Waals surface area contributed by atoms with Gasteiger partial charge in [-0.1, -0.05) is 449 Å². The van der Waals surface area contributed by atoms with E-state index in [1.54, 1.807) is 0 Å². The average molecular weight is 1510 g/mol. The molecule has 0 bridgehead atoms. The van der Waals surface area contributed by atoms with Gasteiger partial charge < -0.3 is 0 Å². The van der Waals surface area contributed by atoms with E-state index in [4.69, 9.17) is 0 Å². The van der Waals surface area contributed by atoms with Crippen LogP contribution in [0.3, 0.4) is 0 Å². The van der Waals surface area contributed by atoms with Crippen molar-refractivity contribution >= 4 is 50.5 Å². The van der Waals surface area contributed by atoms with E-state index in [-0.39, 0.29) is 37.9 Å². The second kappa shape index (κ2) is 48.4. The second-order valence-electron chi connectivity index (χ2n) is 35.3. The van der Waals surface area contributed by atoms with Gasteiger partial charge in [-0.05, 0) is 249 Å². The summed E-state index contributed by atoms with van der Waals surface area (Å²) in [5.41, 5.74) is 30.7. The Morgan fingerprint density at radius 1 is 0.223 bits per heavy atom. The zero-order valence-electron chi connectivity index (χ0n) is 80.3. The molecule has 3 aliphatic carbocycles. The molecule has 0 saturated carbocycles. The van der Waals surface area contributed by atoms with Crippen molar-refractivity contribution in [1.29, 1.82) is 0 Å². The van der Waals surface area contributed by atoms with Crippen molar-refractivity contribution in [3.05, 3.63) is 299 Å². The lowest BCUT2D eigenvalue weighted by Gasteiger charge is -2.24. The highest BCUT2D eigenvalue weighted by Gasteiger charge is 2.25. The third-order valence-corrected chi connectivity index (χ3v) is 19.7. The van der Waals surface area contributed by atoms with Crippen molar-refractivity contribution in [3.8, 4) is 0 Å². The number of allylic oxidation sites excluding steroid dienone is 3. The van der Waals surface area contributed by atoms with Crippen molar-refractivity contribution in [3.63, 3.8) is 0 Å². The van der Waals surface area contributed by atoms with Gasteiger partial charge in [0.25, 0.3) is 0 Å². The summed E-state index contributed by atoms with van der Waals surface area (Å²) in [5, 5.41) is 8.13. The Bertz CT molecular complexity index is 4460. The summed E-state index contributed by atoms with van der Waals surface area (Å²) in [6, 6.07) is 61.6. The maximum Gasteiger partial charge on any atom is -0.00854 e. The number of hydrogen-bond acceptors (Lipinski definition) is 0. The zero-order chi connectivity index (χ0) is 86.7. The molecule has 0 nitrogen and oxygen atoms in total. The lowest BCUT2D eigenvalue weighted by molar-refractivity contribution is 0.584. The van der Waals surface area contributed by atoms with Crippen molar-refractivity contribution in [2.75, 3.05) is 0 Å².